The van der Waals surface area contributed by atoms with Gasteiger partial charge < -0.3 is 24.4 Å². The highest BCUT2D eigenvalue weighted by Crippen LogP contribution is 2.41. The smallest absolute Gasteiger partial charge is 0.295 e. The Balaban J connectivity index is 2.09. The number of benzene rings is 2. The van der Waals surface area contributed by atoms with E-state index in [1.54, 1.807) is 29.2 Å². The molecule has 1 fully saturated rings. The average molecular weight is 495 g/mol. The van der Waals surface area contributed by atoms with Gasteiger partial charge in [-0.15, -0.1) is 0 Å². The number of carbonyl (C=O) groups excluding carboxylic acids is 2. The van der Waals surface area contributed by atoms with Crippen molar-refractivity contribution in [3.8, 4) is 11.5 Å². The van der Waals surface area contributed by atoms with Crippen LogP contribution >= 0.6 is 0 Å². The van der Waals surface area contributed by atoms with Gasteiger partial charge in [0.05, 0.1) is 38.9 Å². The molecule has 1 amide bonds. The topological polar surface area (TPSA) is 83.3 Å². The Morgan fingerprint density at radius 1 is 0.944 bits per heavy atom. The highest BCUT2D eigenvalue weighted by molar-refractivity contribution is 6.46. The second-order valence-corrected chi connectivity index (χ2v) is 8.97. The third-order valence-corrected chi connectivity index (χ3v) is 6.66. The van der Waals surface area contributed by atoms with Gasteiger partial charge in [0.2, 0.25) is 5.78 Å². The highest BCUT2D eigenvalue weighted by Gasteiger charge is 2.44. The molecule has 36 heavy (non-hydrogen) atoms. The van der Waals surface area contributed by atoms with Crippen molar-refractivity contribution in [2.75, 3.05) is 39.4 Å². The van der Waals surface area contributed by atoms with E-state index >= 15 is 0 Å². The van der Waals surface area contributed by atoms with Gasteiger partial charge in [0.1, 0.15) is 0 Å². The van der Waals surface area contributed by atoms with Crippen LogP contribution in [0.2, 0.25) is 0 Å². The monoisotopic (exact) mass is 494 g/mol. The van der Waals surface area contributed by atoms with Crippen molar-refractivity contribution < 1.29 is 29.1 Å². The molecule has 2 aromatic carbocycles. The van der Waals surface area contributed by atoms with Gasteiger partial charge in [-0.05, 0) is 57.9 Å². The minimum absolute atomic E-state index is 0.00866. The molecular weight excluding hydrogens is 456 g/mol. The second-order valence-electron chi connectivity index (χ2n) is 8.97. The highest BCUT2D eigenvalue weighted by atomic mass is 16.5. The van der Waals surface area contributed by atoms with Crippen LogP contribution in [0.1, 0.15) is 56.8 Å². The van der Waals surface area contributed by atoms with Crippen LogP contribution in [-0.4, -0.2) is 56.0 Å². The maximum atomic E-state index is 13.6. The van der Waals surface area contributed by atoms with E-state index in [0.29, 0.717) is 42.4 Å². The zero-order valence-corrected chi connectivity index (χ0v) is 22.1. The summed E-state index contributed by atoms with van der Waals surface area (Å²) < 4.78 is 11.5. The van der Waals surface area contributed by atoms with Crippen molar-refractivity contribution in [3.05, 3.63) is 64.7 Å². The molecular formula is C29H38N2O5. The molecule has 1 atom stereocenters. The minimum atomic E-state index is -0.777. The van der Waals surface area contributed by atoms with Crippen molar-refractivity contribution in [1.29, 1.82) is 0 Å². The predicted octanol–water partition coefficient (Wildman–Crippen LogP) is 2.33. The van der Waals surface area contributed by atoms with Crippen LogP contribution in [0.4, 0.5) is 0 Å². The van der Waals surface area contributed by atoms with E-state index in [4.69, 9.17) is 9.47 Å². The Hall–Kier alpha value is -3.32. The van der Waals surface area contributed by atoms with Crippen molar-refractivity contribution in [1.82, 2.24) is 4.90 Å². The van der Waals surface area contributed by atoms with Gasteiger partial charge in [-0.3, -0.25) is 9.59 Å². The number of amides is 1. The molecule has 7 heteroatoms. The maximum Gasteiger partial charge on any atom is 0.295 e. The summed E-state index contributed by atoms with van der Waals surface area (Å²) in [4.78, 5) is 29.5. The average Bonchev–Trinajstić information content (AvgIpc) is 3.13. The predicted molar refractivity (Wildman–Crippen MR) is 138 cm³/mol. The summed E-state index contributed by atoms with van der Waals surface area (Å²) in [5.41, 5.74) is 2.06. The first-order valence-electron chi connectivity index (χ1n) is 12.9. The third-order valence-electron chi connectivity index (χ3n) is 6.66. The number of carbonyl (C=O) groups is 2. The Morgan fingerprint density at radius 2 is 1.58 bits per heavy atom. The molecule has 1 unspecified atom stereocenters. The first-order chi connectivity index (χ1) is 17.4. The van der Waals surface area contributed by atoms with Crippen LogP contribution in [0, 0.1) is 6.92 Å². The molecule has 1 N–H and O–H groups in total. The Labute approximate surface area is 214 Å². The Bertz CT molecular complexity index is 1090. The number of quaternary nitrogens is 1. The van der Waals surface area contributed by atoms with Crippen LogP contribution in [-0.2, 0) is 9.59 Å². The number of nitrogens with one attached hydrogen (secondary N) is 1. The van der Waals surface area contributed by atoms with Crippen LogP contribution in [0.15, 0.2) is 48.0 Å². The summed E-state index contributed by atoms with van der Waals surface area (Å²) in [6.45, 7) is 14.1. The Morgan fingerprint density at radius 3 is 2.19 bits per heavy atom. The number of hydrogen-bond donors (Lipinski definition) is 1. The van der Waals surface area contributed by atoms with Crippen LogP contribution in [0.3, 0.4) is 0 Å². The van der Waals surface area contributed by atoms with E-state index in [9.17, 15) is 14.7 Å². The van der Waals surface area contributed by atoms with E-state index in [-0.39, 0.29) is 5.57 Å². The SMILES string of the molecule is CCOc1ccc(C2C(=C([O-])c3ccc(C)cc3)C(=O)C(=O)N2CCC[NH+](CC)CC)cc1OCC. The van der Waals surface area contributed by atoms with Gasteiger partial charge in [-0.1, -0.05) is 41.7 Å². The molecule has 0 radical (unpaired) electrons. The molecule has 1 aliphatic rings. The lowest BCUT2D eigenvalue weighted by atomic mass is 9.94. The maximum absolute atomic E-state index is 13.6. The summed E-state index contributed by atoms with van der Waals surface area (Å²) in [5.74, 6) is -0.660. The molecule has 1 aliphatic heterocycles. The Kier molecular flexibility index (Phi) is 9.53. The van der Waals surface area contributed by atoms with E-state index in [1.165, 1.54) is 4.90 Å². The molecule has 0 saturated carbocycles. The van der Waals surface area contributed by atoms with Crippen LogP contribution < -0.4 is 19.5 Å². The van der Waals surface area contributed by atoms with Crippen molar-refractivity contribution in [3.63, 3.8) is 0 Å². The molecule has 0 aliphatic carbocycles. The summed E-state index contributed by atoms with van der Waals surface area (Å²) >= 11 is 0. The number of ketones is 1. The zero-order chi connectivity index (χ0) is 26.2. The van der Waals surface area contributed by atoms with Crippen molar-refractivity contribution in [2.24, 2.45) is 0 Å². The van der Waals surface area contributed by atoms with Crippen LogP contribution in [0.5, 0.6) is 11.5 Å². The molecule has 3 rings (SSSR count). The number of aryl methyl sites for hydroxylation is 1. The van der Waals surface area contributed by atoms with Gasteiger partial charge in [-0.2, -0.15) is 0 Å². The van der Waals surface area contributed by atoms with Crippen molar-refractivity contribution >= 4 is 17.4 Å². The number of hydrogen-bond acceptors (Lipinski definition) is 5. The van der Waals surface area contributed by atoms with Gasteiger partial charge >= 0.3 is 0 Å². The quantitative estimate of drug-likeness (QED) is 0.278. The molecule has 0 spiro atoms. The molecule has 1 saturated heterocycles. The number of likely N-dealkylation sites (tertiary alicyclic amines) is 1. The lowest BCUT2D eigenvalue weighted by molar-refractivity contribution is -0.896. The fourth-order valence-electron chi connectivity index (χ4n) is 4.65. The summed E-state index contributed by atoms with van der Waals surface area (Å²) in [5, 5.41) is 13.6. The third kappa shape index (κ3) is 5.90. The normalized spacial score (nSPS) is 17.2. The van der Waals surface area contributed by atoms with Gasteiger partial charge in [0, 0.05) is 18.5 Å². The molecule has 0 bridgehead atoms. The molecule has 2 aromatic rings. The lowest BCUT2D eigenvalue weighted by Crippen LogP contribution is -3.11. The lowest BCUT2D eigenvalue weighted by Gasteiger charge is -2.28. The minimum Gasteiger partial charge on any atom is -0.872 e. The fourth-order valence-corrected chi connectivity index (χ4v) is 4.65. The first-order valence-corrected chi connectivity index (χ1v) is 12.9. The van der Waals surface area contributed by atoms with Gasteiger partial charge in [0.15, 0.2) is 11.5 Å². The largest absolute Gasteiger partial charge is 0.872 e. The van der Waals surface area contributed by atoms with E-state index in [2.05, 4.69) is 13.8 Å². The van der Waals surface area contributed by atoms with Crippen molar-refractivity contribution in [2.45, 2.75) is 47.1 Å². The number of nitrogens with zero attached hydrogens (tertiary/aromatic N) is 1. The first kappa shape index (κ1) is 27.3. The van der Waals surface area contributed by atoms with E-state index in [1.807, 2.05) is 39.0 Å². The molecule has 1 heterocycles. The number of ether oxygens (including phenoxy) is 2. The number of rotatable bonds is 12. The summed E-state index contributed by atoms with van der Waals surface area (Å²) in [7, 11) is 0. The van der Waals surface area contributed by atoms with Gasteiger partial charge in [-0.25, -0.2) is 0 Å². The van der Waals surface area contributed by atoms with Crippen LogP contribution in [0.25, 0.3) is 5.76 Å². The molecule has 0 aromatic heterocycles. The standard InChI is InChI=1S/C29H38N2O5/c1-6-30(7-2)17-10-18-31-26(22-15-16-23(35-8-3)24(19-22)36-9-4)25(28(33)29(31)34)27(32)21-13-11-20(5)12-14-21/h11-16,19,26,32H,6-10,17-18H2,1-5H3. The number of Topliss-reactive ketones (excluding diaryl/α,β-unsaturated/α-hetero) is 1. The molecule has 7 nitrogen and oxygen atoms in total. The van der Waals surface area contributed by atoms with E-state index < -0.39 is 23.5 Å². The second kappa shape index (κ2) is 12.6. The zero-order valence-electron chi connectivity index (χ0n) is 22.1. The van der Waals surface area contributed by atoms with Gasteiger partial charge in [0.25, 0.3) is 5.91 Å². The summed E-state index contributed by atoms with van der Waals surface area (Å²) in [6.07, 6.45) is 0.730. The fraction of sp³-hybridized carbons (Fsp3) is 0.448. The summed E-state index contributed by atoms with van der Waals surface area (Å²) in [6, 6.07) is 11.7. The molecule has 194 valence electrons. The van der Waals surface area contributed by atoms with E-state index in [0.717, 1.165) is 31.6 Å².